The summed E-state index contributed by atoms with van der Waals surface area (Å²) in [4.78, 5) is 52.8. The van der Waals surface area contributed by atoms with Gasteiger partial charge in [0.05, 0.1) is 22.4 Å². The van der Waals surface area contributed by atoms with E-state index in [9.17, 15) is 0 Å². The molecule has 0 saturated carbocycles. The van der Waals surface area contributed by atoms with Gasteiger partial charge in [0.2, 0.25) is 0 Å². The first-order valence-corrected chi connectivity index (χ1v) is 35.5. The minimum Gasteiger partial charge on any atom is -0.311 e. The van der Waals surface area contributed by atoms with Crippen molar-refractivity contribution in [2.75, 3.05) is 9.80 Å². The Labute approximate surface area is 611 Å². The highest BCUT2D eigenvalue weighted by molar-refractivity contribution is 7.00. The third-order valence-corrected chi connectivity index (χ3v) is 20.1. The Balaban J connectivity index is 0.808. The molecular formula is C93H59BN12. The minimum absolute atomic E-state index is 0.0781. The van der Waals surface area contributed by atoms with Crippen LogP contribution in [0.1, 0.15) is 0 Å². The number of para-hydroxylation sites is 5. The largest absolute Gasteiger partial charge is 0.311 e. The van der Waals surface area contributed by atoms with Crippen LogP contribution in [0.4, 0.5) is 34.1 Å². The van der Waals surface area contributed by atoms with Crippen LogP contribution in [0.5, 0.6) is 0 Å². The van der Waals surface area contributed by atoms with Crippen LogP contribution in [0.25, 0.3) is 141 Å². The lowest BCUT2D eigenvalue weighted by molar-refractivity contribution is 1.06. The molecule has 18 aromatic rings. The molecule has 106 heavy (non-hydrogen) atoms. The fraction of sp³-hybridized carbons (Fsp3) is 0. The molecule has 0 unspecified atom stereocenters. The van der Waals surface area contributed by atoms with Crippen molar-refractivity contribution < 1.29 is 0 Å². The fourth-order valence-electron chi connectivity index (χ4n) is 15.3. The van der Waals surface area contributed by atoms with Crippen molar-refractivity contribution in [3.05, 3.63) is 358 Å². The van der Waals surface area contributed by atoms with Gasteiger partial charge in [0, 0.05) is 94.8 Å². The summed E-state index contributed by atoms with van der Waals surface area (Å²) in [5.74, 6) is 4.76. The van der Waals surface area contributed by atoms with Crippen molar-refractivity contribution >= 4 is 79.0 Å². The Bertz CT molecular complexity index is 6280. The van der Waals surface area contributed by atoms with Crippen LogP contribution in [0.15, 0.2) is 358 Å². The molecule has 0 bridgehead atoms. The second-order valence-corrected chi connectivity index (χ2v) is 26.4. The molecule has 0 spiro atoms. The number of nitrogens with zero attached hydrogens (tertiary/aromatic N) is 12. The summed E-state index contributed by atoms with van der Waals surface area (Å²) in [6.07, 6.45) is 0. The van der Waals surface area contributed by atoms with Gasteiger partial charge < -0.3 is 14.4 Å². The third-order valence-electron chi connectivity index (χ3n) is 20.1. The van der Waals surface area contributed by atoms with E-state index in [2.05, 4.69) is 233 Å². The molecule has 0 amide bonds. The van der Waals surface area contributed by atoms with Gasteiger partial charge in [-0.25, -0.2) is 44.9 Å². The first-order valence-electron chi connectivity index (χ1n) is 35.5. The van der Waals surface area contributed by atoms with Crippen molar-refractivity contribution in [3.63, 3.8) is 0 Å². The molecule has 0 atom stereocenters. The summed E-state index contributed by atoms with van der Waals surface area (Å²) in [7, 11) is 0. The number of benzene rings is 14. The standard InChI is InChI=1S/C93H59BN12/c1-8-29-60(30-9-1)85-95-86(61-31-10-2-11-32-61)98-91(97-85)67-51-54-78-73(58-67)72-45-22-25-48-77(72)106(78)79-55-52-68(92-99-87(62-33-12-3-13-34-62)96-88(100-92)63-35-14-4-15-36-63)59-74(79)93-102-89(64-37-16-5-17-38-64)101-90(103-93)66-40-28-39-65(57-66)71-53-56-82-83-84(71)105(70-43-20-7-21-44-70)81-50-27-24-47-76(81)94(83)75-46-23-26-49-80(75)104(82)69-41-18-6-19-42-69/h1-59H. The van der Waals surface area contributed by atoms with Gasteiger partial charge in [-0.2, -0.15) is 0 Å². The minimum atomic E-state index is -0.0781. The van der Waals surface area contributed by atoms with Crippen molar-refractivity contribution in [2.45, 2.75) is 0 Å². The number of hydrogen-bond donors (Lipinski definition) is 0. The lowest BCUT2D eigenvalue weighted by Gasteiger charge is -2.45. The molecule has 0 N–H and O–H groups in total. The van der Waals surface area contributed by atoms with Crippen LogP contribution in [0.3, 0.4) is 0 Å². The van der Waals surface area contributed by atoms with Crippen LogP contribution < -0.4 is 26.2 Å². The monoisotopic (exact) mass is 1350 g/mol. The maximum absolute atomic E-state index is 5.72. The second kappa shape index (κ2) is 25.9. The number of anilines is 6. The van der Waals surface area contributed by atoms with Gasteiger partial charge in [0.25, 0.3) is 6.71 Å². The molecule has 4 aromatic heterocycles. The predicted octanol–water partition coefficient (Wildman–Crippen LogP) is 20.1. The van der Waals surface area contributed by atoms with E-state index in [1.54, 1.807) is 0 Å². The van der Waals surface area contributed by atoms with Gasteiger partial charge in [-0.15, -0.1) is 0 Å². The summed E-state index contributed by atoms with van der Waals surface area (Å²) in [6.45, 7) is -0.0781. The zero-order valence-corrected chi connectivity index (χ0v) is 57.0. The highest BCUT2D eigenvalue weighted by atomic mass is 15.2. The molecule has 0 fully saturated rings. The first-order chi connectivity index (χ1) is 52.6. The Morgan fingerprint density at radius 1 is 0.208 bits per heavy atom. The molecule has 0 aliphatic carbocycles. The zero-order chi connectivity index (χ0) is 70.0. The maximum atomic E-state index is 5.72. The quantitative estimate of drug-likeness (QED) is 0.102. The third kappa shape index (κ3) is 10.8. The van der Waals surface area contributed by atoms with Gasteiger partial charge in [-0.3, -0.25) is 0 Å². The summed E-state index contributed by atoms with van der Waals surface area (Å²) in [5, 5.41) is 2.03. The van der Waals surface area contributed by atoms with Gasteiger partial charge in [-0.05, 0) is 113 Å². The number of rotatable bonds is 13. The van der Waals surface area contributed by atoms with Gasteiger partial charge in [0.1, 0.15) is 0 Å². The molecule has 6 heterocycles. The molecular weight excluding hydrogens is 1300 g/mol. The average Bonchev–Trinajstić information content (AvgIpc) is 0.841. The highest BCUT2D eigenvalue weighted by Crippen LogP contribution is 2.49. The fourth-order valence-corrected chi connectivity index (χ4v) is 15.3. The van der Waals surface area contributed by atoms with E-state index in [0.717, 1.165) is 117 Å². The smallest absolute Gasteiger partial charge is 0.252 e. The molecule has 2 aliphatic rings. The van der Waals surface area contributed by atoms with E-state index >= 15 is 0 Å². The maximum Gasteiger partial charge on any atom is 0.252 e. The Kier molecular flexibility index (Phi) is 15.0. The molecule has 20 rings (SSSR count). The van der Waals surface area contributed by atoms with E-state index < -0.39 is 0 Å². The summed E-state index contributed by atoms with van der Waals surface area (Å²) in [5.41, 5.74) is 22.6. The Morgan fingerprint density at radius 2 is 0.566 bits per heavy atom. The Morgan fingerprint density at radius 3 is 1.08 bits per heavy atom. The van der Waals surface area contributed by atoms with Gasteiger partial charge >= 0.3 is 0 Å². The van der Waals surface area contributed by atoms with Crippen molar-refractivity contribution in [1.29, 1.82) is 0 Å². The number of hydrogen-bond acceptors (Lipinski definition) is 11. The normalized spacial score (nSPS) is 12.1. The summed E-state index contributed by atoms with van der Waals surface area (Å²) < 4.78 is 2.32. The van der Waals surface area contributed by atoms with E-state index in [4.69, 9.17) is 44.9 Å². The molecule has 2 aliphatic heterocycles. The van der Waals surface area contributed by atoms with Crippen molar-refractivity contribution in [1.82, 2.24) is 49.4 Å². The Hall–Kier alpha value is -14.4. The van der Waals surface area contributed by atoms with Crippen LogP contribution in [-0.2, 0) is 0 Å². The molecule has 0 radical (unpaired) electrons. The van der Waals surface area contributed by atoms with E-state index in [-0.39, 0.29) is 6.71 Å². The zero-order valence-electron chi connectivity index (χ0n) is 57.0. The highest BCUT2D eigenvalue weighted by Gasteiger charge is 2.44. The number of aromatic nitrogens is 10. The topological polar surface area (TPSA) is 127 Å². The molecule has 12 nitrogen and oxygen atoms in total. The summed E-state index contributed by atoms with van der Waals surface area (Å²) in [6, 6.07) is 125. The van der Waals surface area contributed by atoms with Crippen LogP contribution in [-0.4, -0.2) is 56.1 Å². The van der Waals surface area contributed by atoms with Gasteiger partial charge in [0.15, 0.2) is 52.4 Å². The molecule has 14 aromatic carbocycles. The lowest BCUT2D eigenvalue weighted by atomic mass is 9.33. The van der Waals surface area contributed by atoms with Crippen LogP contribution in [0, 0.1) is 0 Å². The molecule has 13 heteroatoms. The predicted molar refractivity (Wildman–Crippen MR) is 429 cm³/mol. The SMILES string of the molecule is c1ccc(-c2nc(-c3ccccc3)nc(-c3ccc(-n4c5ccccc5c5cc(-c6nc(-c7ccccc7)nc(-c7ccccc7)n6)ccc54)c(-c4nc(-c5ccccc5)nc(-c5cccc(-c6ccc7c8c6N(c6ccccc6)c6ccccc6B8c6ccccc6N7c6ccccc6)c5)n4)c3)n2)cc1. The van der Waals surface area contributed by atoms with Crippen molar-refractivity contribution in [2.24, 2.45) is 0 Å². The van der Waals surface area contributed by atoms with E-state index in [1.165, 1.54) is 16.4 Å². The molecule has 494 valence electrons. The average molecular weight is 1360 g/mol. The number of fused-ring (bicyclic) bond motifs is 7. The first kappa shape index (κ1) is 61.4. The van der Waals surface area contributed by atoms with E-state index in [0.29, 0.717) is 58.0 Å². The van der Waals surface area contributed by atoms with Crippen LogP contribution in [0.2, 0.25) is 0 Å². The lowest BCUT2D eigenvalue weighted by Crippen LogP contribution is -2.61. The van der Waals surface area contributed by atoms with Gasteiger partial charge in [-0.1, -0.05) is 267 Å². The van der Waals surface area contributed by atoms with Crippen molar-refractivity contribution in [3.8, 4) is 119 Å². The molecule has 0 saturated heterocycles. The van der Waals surface area contributed by atoms with Crippen LogP contribution >= 0.6 is 0 Å². The second-order valence-electron chi connectivity index (χ2n) is 26.4. The summed E-state index contributed by atoms with van der Waals surface area (Å²) >= 11 is 0. The van der Waals surface area contributed by atoms with E-state index in [1.807, 2.05) is 140 Å².